The van der Waals surface area contributed by atoms with Crippen LogP contribution in [0, 0.1) is 51.0 Å². The molecule has 1 N–H and O–H groups in total. The smallest absolute Gasteiger partial charge is 0.157 e. The molecule has 6 rings (SSSR count). The molecule has 0 radical (unpaired) electrons. The van der Waals surface area contributed by atoms with Crippen molar-refractivity contribution in [2.75, 3.05) is 13.7 Å². The van der Waals surface area contributed by atoms with Crippen LogP contribution in [0.2, 0.25) is 0 Å². The number of halogens is 2. The molecule has 0 spiro atoms. The van der Waals surface area contributed by atoms with Crippen molar-refractivity contribution in [1.29, 1.82) is 0 Å². The standard InChI is InChI=1S/C31H43F2N3O3/c1-27-9-8-21-20-6-7-22(25(37)16-36-24-15-19(32)14-23(33)26(24)34-35-36)29(20,3)11-12-30(21,4)31(27,18-39-5)13-10-28(2,38)17-27/h14-15,20-22,38H,6-13,16-18H2,1-5H3/t20-,21-,22+,27-,28+,29-,30-,31+/m0/s1. The zero-order chi connectivity index (χ0) is 28.0. The van der Waals surface area contributed by atoms with Crippen molar-refractivity contribution in [1.82, 2.24) is 15.0 Å². The number of carbonyl (C=O) groups excluding carboxylic acids is 1. The first-order valence-corrected chi connectivity index (χ1v) is 14.7. The summed E-state index contributed by atoms with van der Waals surface area (Å²) in [4.78, 5) is 13.8. The van der Waals surface area contributed by atoms with Crippen LogP contribution in [0.1, 0.15) is 85.5 Å². The van der Waals surface area contributed by atoms with Gasteiger partial charge >= 0.3 is 0 Å². The fraction of sp³-hybridized carbons (Fsp3) is 0.774. The summed E-state index contributed by atoms with van der Waals surface area (Å²) in [5, 5.41) is 19.0. The molecule has 4 fully saturated rings. The Labute approximate surface area is 229 Å². The Morgan fingerprint density at radius 3 is 2.56 bits per heavy atom. The molecule has 8 atom stereocenters. The Balaban J connectivity index is 1.29. The van der Waals surface area contributed by atoms with Gasteiger partial charge in [0.05, 0.1) is 17.7 Å². The Bertz CT molecular complexity index is 1310. The lowest BCUT2D eigenvalue weighted by molar-refractivity contribution is -0.257. The molecular formula is C31H43F2N3O3. The highest BCUT2D eigenvalue weighted by Gasteiger charge is 2.71. The first-order chi connectivity index (χ1) is 18.3. The molecule has 6 nitrogen and oxygen atoms in total. The molecule has 0 amide bonds. The molecule has 1 aromatic carbocycles. The summed E-state index contributed by atoms with van der Waals surface area (Å²) in [6.07, 6.45) is 8.62. The topological polar surface area (TPSA) is 77.2 Å². The Hall–Kier alpha value is -1.93. The molecule has 0 unspecified atom stereocenters. The van der Waals surface area contributed by atoms with Crippen LogP contribution in [-0.4, -0.2) is 45.2 Å². The molecular weight excluding hydrogens is 500 g/mol. The van der Waals surface area contributed by atoms with E-state index >= 15 is 0 Å². The van der Waals surface area contributed by atoms with Gasteiger partial charge in [-0.05, 0) is 92.8 Å². The summed E-state index contributed by atoms with van der Waals surface area (Å²) in [7, 11) is 1.82. The molecule has 2 aromatic rings. The molecule has 214 valence electrons. The Morgan fingerprint density at radius 2 is 1.82 bits per heavy atom. The van der Waals surface area contributed by atoms with Gasteiger partial charge in [0.15, 0.2) is 11.6 Å². The number of carbonyl (C=O) groups is 1. The number of ketones is 1. The van der Waals surface area contributed by atoms with E-state index in [1.54, 1.807) is 0 Å². The minimum Gasteiger partial charge on any atom is -0.390 e. The maximum atomic E-state index is 14.2. The van der Waals surface area contributed by atoms with Gasteiger partial charge in [0.25, 0.3) is 0 Å². The molecule has 0 saturated heterocycles. The highest BCUT2D eigenvalue weighted by molar-refractivity contribution is 5.84. The first kappa shape index (κ1) is 27.3. The number of fused-ring (bicyclic) bond motifs is 6. The summed E-state index contributed by atoms with van der Waals surface area (Å²) in [5.74, 6) is -0.552. The van der Waals surface area contributed by atoms with Gasteiger partial charge in [0, 0.05) is 30.6 Å². The lowest BCUT2D eigenvalue weighted by Gasteiger charge is -2.71. The fourth-order valence-corrected chi connectivity index (χ4v) is 10.8. The monoisotopic (exact) mass is 543 g/mol. The van der Waals surface area contributed by atoms with Gasteiger partial charge in [-0.2, -0.15) is 0 Å². The average Bonchev–Trinajstić information content (AvgIpc) is 3.41. The lowest BCUT2D eigenvalue weighted by atomic mass is 9.33. The molecule has 8 heteroatoms. The Morgan fingerprint density at radius 1 is 1.05 bits per heavy atom. The minimum absolute atomic E-state index is 0.00285. The van der Waals surface area contributed by atoms with E-state index in [0.717, 1.165) is 63.9 Å². The maximum absolute atomic E-state index is 14.2. The maximum Gasteiger partial charge on any atom is 0.157 e. The molecule has 4 saturated carbocycles. The number of methoxy groups -OCH3 is 1. The van der Waals surface area contributed by atoms with E-state index in [1.807, 2.05) is 14.0 Å². The zero-order valence-electron chi connectivity index (χ0n) is 24.0. The van der Waals surface area contributed by atoms with Crippen molar-refractivity contribution < 1.29 is 23.4 Å². The van der Waals surface area contributed by atoms with Crippen LogP contribution in [-0.2, 0) is 16.1 Å². The average molecular weight is 544 g/mol. The first-order valence-electron chi connectivity index (χ1n) is 14.7. The number of nitrogens with zero attached hydrogens (tertiary/aromatic N) is 3. The molecule has 1 heterocycles. The number of rotatable bonds is 5. The normalized spacial score (nSPS) is 43.6. The van der Waals surface area contributed by atoms with Crippen molar-refractivity contribution in [3.05, 3.63) is 23.8 Å². The number of aromatic nitrogens is 3. The van der Waals surface area contributed by atoms with Crippen molar-refractivity contribution >= 4 is 16.8 Å². The summed E-state index contributed by atoms with van der Waals surface area (Å²) < 4.78 is 35.5. The van der Waals surface area contributed by atoms with E-state index in [-0.39, 0.29) is 50.9 Å². The Kier molecular flexibility index (Phi) is 6.14. The number of aliphatic hydroxyl groups is 1. The van der Waals surface area contributed by atoms with Gasteiger partial charge in [-0.15, -0.1) is 5.10 Å². The van der Waals surface area contributed by atoms with E-state index in [0.29, 0.717) is 18.4 Å². The van der Waals surface area contributed by atoms with Gasteiger partial charge in [-0.3, -0.25) is 4.79 Å². The van der Waals surface area contributed by atoms with Gasteiger partial charge in [-0.25, -0.2) is 13.5 Å². The number of benzene rings is 1. The molecule has 1 aromatic heterocycles. The van der Waals surface area contributed by atoms with E-state index < -0.39 is 17.2 Å². The number of hydrogen-bond donors (Lipinski definition) is 1. The minimum atomic E-state index is -0.762. The van der Waals surface area contributed by atoms with Crippen LogP contribution < -0.4 is 0 Å². The van der Waals surface area contributed by atoms with Crippen molar-refractivity contribution in [3.63, 3.8) is 0 Å². The molecule has 4 aliphatic carbocycles. The van der Waals surface area contributed by atoms with Crippen LogP contribution in [0.3, 0.4) is 0 Å². The quantitative estimate of drug-likeness (QED) is 0.494. The fourth-order valence-electron chi connectivity index (χ4n) is 10.8. The van der Waals surface area contributed by atoms with Gasteiger partial charge in [-0.1, -0.05) is 26.0 Å². The highest BCUT2D eigenvalue weighted by Crippen LogP contribution is 2.76. The van der Waals surface area contributed by atoms with Gasteiger partial charge < -0.3 is 9.84 Å². The SMILES string of the molecule is COC[C@]12CC[C@@](C)(O)C[C@]1(C)CC[C@H]1[C@@H]3CC[C@H](C(=O)Cn4nnc5c(F)cc(F)cc54)[C@@]3(C)CC[C@@]12C. The third kappa shape index (κ3) is 3.72. The summed E-state index contributed by atoms with van der Waals surface area (Å²) in [6.45, 7) is 9.89. The molecule has 0 aliphatic heterocycles. The molecule has 4 aliphatic rings. The van der Waals surface area contributed by atoms with Crippen LogP contribution in [0.15, 0.2) is 12.1 Å². The van der Waals surface area contributed by atoms with Gasteiger partial charge in [0.2, 0.25) is 0 Å². The van der Waals surface area contributed by atoms with Crippen molar-refractivity contribution in [3.8, 4) is 0 Å². The summed E-state index contributed by atoms with van der Waals surface area (Å²) >= 11 is 0. The highest BCUT2D eigenvalue weighted by atomic mass is 19.1. The number of ether oxygens (including phenoxy) is 1. The third-order valence-corrected chi connectivity index (χ3v) is 12.6. The largest absolute Gasteiger partial charge is 0.390 e. The van der Waals surface area contributed by atoms with E-state index in [4.69, 9.17) is 4.74 Å². The van der Waals surface area contributed by atoms with E-state index in [9.17, 15) is 18.7 Å². The van der Waals surface area contributed by atoms with Crippen LogP contribution in [0.4, 0.5) is 8.78 Å². The van der Waals surface area contributed by atoms with Crippen LogP contribution in [0.5, 0.6) is 0 Å². The van der Waals surface area contributed by atoms with E-state index in [1.165, 1.54) is 10.7 Å². The van der Waals surface area contributed by atoms with Gasteiger partial charge in [0.1, 0.15) is 17.9 Å². The van der Waals surface area contributed by atoms with Crippen LogP contribution in [0.25, 0.3) is 11.0 Å². The number of hydrogen-bond acceptors (Lipinski definition) is 5. The second kappa shape index (κ2) is 8.78. The second-order valence-electron chi connectivity index (χ2n) is 14.5. The van der Waals surface area contributed by atoms with Crippen LogP contribution >= 0.6 is 0 Å². The summed E-state index contributed by atoms with van der Waals surface area (Å²) in [6, 6.07) is 2.00. The second-order valence-corrected chi connectivity index (χ2v) is 14.5. The predicted octanol–water partition coefficient (Wildman–Crippen LogP) is 6.10. The third-order valence-electron chi connectivity index (χ3n) is 12.6. The van der Waals surface area contributed by atoms with E-state index in [2.05, 4.69) is 31.1 Å². The predicted molar refractivity (Wildman–Crippen MR) is 144 cm³/mol. The summed E-state index contributed by atoms with van der Waals surface area (Å²) in [5.41, 5.74) is -0.456. The van der Waals surface area contributed by atoms with Crippen molar-refractivity contribution in [2.45, 2.75) is 97.6 Å². The molecule has 0 bridgehead atoms. The zero-order valence-corrected chi connectivity index (χ0v) is 24.0. The molecule has 39 heavy (non-hydrogen) atoms. The lowest BCUT2D eigenvalue weighted by Crippen LogP contribution is -2.67. The van der Waals surface area contributed by atoms with Crippen molar-refractivity contribution in [2.24, 2.45) is 39.4 Å². The number of Topliss-reactive ketones (excluding diaryl/α,β-unsaturated/α-hetero) is 1.